The van der Waals surface area contributed by atoms with Crippen LogP contribution in [0, 0.1) is 5.82 Å². The highest BCUT2D eigenvalue weighted by Gasteiger charge is 2.42. The molecule has 7 N–H and O–H groups in total. The average Bonchev–Trinajstić information content (AvgIpc) is 3.13. The molecule has 34 heavy (non-hydrogen) atoms. The van der Waals surface area contributed by atoms with Crippen LogP contribution in [0.5, 0.6) is 5.75 Å². The molecule has 10 heteroatoms. The molecule has 0 aliphatic heterocycles. The lowest BCUT2D eigenvalue weighted by atomic mass is 9.83. The number of anilines is 1. The first-order chi connectivity index (χ1) is 16.2. The van der Waals surface area contributed by atoms with Gasteiger partial charge in [0.25, 0.3) is 5.91 Å². The molecule has 2 aromatic heterocycles. The molecule has 9 nitrogen and oxygen atoms in total. The van der Waals surface area contributed by atoms with Gasteiger partial charge in [-0.15, -0.1) is 0 Å². The van der Waals surface area contributed by atoms with Gasteiger partial charge in [-0.25, -0.2) is 14.1 Å². The largest absolute Gasteiger partial charge is 0.496 e. The molecule has 2 heterocycles. The van der Waals surface area contributed by atoms with Crippen molar-refractivity contribution in [3.8, 4) is 28.3 Å². The number of fused-ring (bicyclic) bond motifs is 1. The molecule has 0 unspecified atom stereocenters. The lowest BCUT2D eigenvalue weighted by Crippen LogP contribution is -2.52. The van der Waals surface area contributed by atoms with Crippen LogP contribution in [0.4, 0.5) is 10.2 Å². The van der Waals surface area contributed by atoms with E-state index in [1.807, 2.05) is 30.3 Å². The lowest BCUT2D eigenvalue weighted by molar-refractivity contribution is -0.0643. The predicted molar refractivity (Wildman–Crippen MR) is 125 cm³/mol. The molecule has 5 rings (SSSR count). The molecule has 0 radical (unpaired) electrons. The first-order valence-electron chi connectivity index (χ1n) is 10.6. The van der Waals surface area contributed by atoms with Crippen molar-refractivity contribution in [3.05, 3.63) is 59.9 Å². The number of nitrogens with zero attached hydrogens (tertiary/aromatic N) is 3. The van der Waals surface area contributed by atoms with Crippen LogP contribution in [-0.4, -0.2) is 38.6 Å². The Kier molecular flexibility index (Phi) is 4.99. The van der Waals surface area contributed by atoms with Crippen molar-refractivity contribution in [2.45, 2.75) is 24.6 Å². The molecule has 0 atom stereocenters. The van der Waals surface area contributed by atoms with Gasteiger partial charge in [0.2, 0.25) is 0 Å². The summed E-state index contributed by atoms with van der Waals surface area (Å²) in [5.41, 5.74) is 18.0. The van der Waals surface area contributed by atoms with Crippen LogP contribution in [0.1, 0.15) is 29.2 Å². The lowest BCUT2D eigenvalue weighted by Gasteiger charge is -2.40. The average molecular weight is 462 g/mol. The second-order valence-electron chi connectivity index (χ2n) is 8.51. The highest BCUT2D eigenvalue weighted by molar-refractivity contribution is 6.04. The Morgan fingerprint density at radius 1 is 1.24 bits per heavy atom. The van der Waals surface area contributed by atoms with Gasteiger partial charge in [-0.05, 0) is 12.1 Å². The molecular formula is C24H23FN6O3. The van der Waals surface area contributed by atoms with Crippen molar-refractivity contribution in [3.63, 3.8) is 0 Å². The smallest absolute Gasteiger partial charge is 0.254 e. The standard InChI is InChI=1S/C24H23FN6O3/c1-34-19-9-17(12-5-3-2-4-6-12)29-18-8-14(16(25)7-15(18)19)21-20(23(27)32)22(26)31(30-21)13-10-24(28,33)11-13/h2-9,13,33H,10-11,26,28H2,1H3,(H2,27,32)/t13-,24+. The maximum atomic E-state index is 15.4. The minimum absolute atomic E-state index is 0.00254. The molecule has 1 aliphatic rings. The van der Waals surface area contributed by atoms with Gasteiger partial charge in [-0.2, -0.15) is 5.10 Å². The number of nitrogen functional groups attached to an aromatic ring is 1. The van der Waals surface area contributed by atoms with Crippen LogP contribution in [0.3, 0.4) is 0 Å². The number of carbonyl (C=O) groups is 1. The van der Waals surface area contributed by atoms with Crippen LogP contribution in [0.25, 0.3) is 33.4 Å². The van der Waals surface area contributed by atoms with Gasteiger partial charge in [0.05, 0.1) is 24.4 Å². The number of carbonyl (C=O) groups excluding carboxylic acids is 1. The van der Waals surface area contributed by atoms with Crippen molar-refractivity contribution in [2.24, 2.45) is 11.5 Å². The maximum absolute atomic E-state index is 15.4. The third kappa shape index (κ3) is 3.53. The monoisotopic (exact) mass is 462 g/mol. The third-order valence-corrected chi connectivity index (χ3v) is 6.12. The number of ether oxygens (including phenoxy) is 1. The summed E-state index contributed by atoms with van der Waals surface area (Å²) < 4.78 is 22.2. The van der Waals surface area contributed by atoms with Gasteiger partial charge >= 0.3 is 0 Å². The van der Waals surface area contributed by atoms with Crippen molar-refractivity contribution >= 4 is 22.6 Å². The summed E-state index contributed by atoms with van der Waals surface area (Å²) in [7, 11) is 1.50. The van der Waals surface area contributed by atoms with Crippen molar-refractivity contribution in [2.75, 3.05) is 12.8 Å². The number of hydrogen-bond acceptors (Lipinski definition) is 7. The van der Waals surface area contributed by atoms with E-state index in [4.69, 9.17) is 21.9 Å². The van der Waals surface area contributed by atoms with Crippen LogP contribution in [-0.2, 0) is 0 Å². The fraction of sp³-hybridized carbons (Fsp3) is 0.208. The summed E-state index contributed by atoms with van der Waals surface area (Å²) in [6.45, 7) is 0. The molecule has 0 bridgehead atoms. The summed E-state index contributed by atoms with van der Waals surface area (Å²) in [6, 6.07) is 13.7. The molecule has 0 saturated heterocycles. The highest BCUT2D eigenvalue weighted by Crippen LogP contribution is 2.42. The fourth-order valence-electron chi connectivity index (χ4n) is 4.41. The number of nitrogens with two attached hydrogens (primary N) is 3. The molecular weight excluding hydrogens is 439 g/mol. The third-order valence-electron chi connectivity index (χ3n) is 6.12. The van der Waals surface area contributed by atoms with Gasteiger partial charge < -0.3 is 27.0 Å². The van der Waals surface area contributed by atoms with Gasteiger partial charge in [0.1, 0.15) is 34.4 Å². The summed E-state index contributed by atoms with van der Waals surface area (Å²) in [6.07, 6.45) is 0.381. The van der Waals surface area contributed by atoms with E-state index in [0.29, 0.717) is 22.3 Å². The van der Waals surface area contributed by atoms with E-state index in [1.54, 1.807) is 6.07 Å². The number of halogens is 1. The number of methoxy groups -OCH3 is 1. The molecule has 1 aliphatic carbocycles. The number of aromatic nitrogens is 3. The number of amides is 1. The van der Waals surface area contributed by atoms with Crippen LogP contribution < -0.4 is 21.9 Å². The van der Waals surface area contributed by atoms with Gasteiger partial charge in [-0.1, -0.05) is 30.3 Å². The Morgan fingerprint density at radius 3 is 2.56 bits per heavy atom. The van der Waals surface area contributed by atoms with Crippen molar-refractivity contribution < 1.29 is 19.0 Å². The Hall–Kier alpha value is -4.02. The number of primary amides is 1. The summed E-state index contributed by atoms with van der Waals surface area (Å²) in [5, 5.41) is 14.8. The Morgan fingerprint density at radius 2 is 1.94 bits per heavy atom. The van der Waals surface area contributed by atoms with E-state index in [0.717, 1.165) is 5.56 Å². The van der Waals surface area contributed by atoms with Gasteiger partial charge in [0.15, 0.2) is 0 Å². The second kappa shape index (κ2) is 7.79. The van der Waals surface area contributed by atoms with E-state index in [9.17, 15) is 9.90 Å². The Balaban J connectivity index is 1.70. The number of hydrogen-bond donors (Lipinski definition) is 4. The minimum Gasteiger partial charge on any atom is -0.496 e. The Bertz CT molecular complexity index is 1430. The van der Waals surface area contributed by atoms with Crippen LogP contribution >= 0.6 is 0 Å². The quantitative estimate of drug-likeness (QED) is 0.332. The summed E-state index contributed by atoms with van der Waals surface area (Å²) in [4.78, 5) is 16.9. The predicted octanol–water partition coefficient (Wildman–Crippen LogP) is 2.58. The first kappa shape index (κ1) is 21.8. The first-order valence-corrected chi connectivity index (χ1v) is 10.6. The van der Waals surface area contributed by atoms with E-state index in [-0.39, 0.29) is 41.5 Å². The molecule has 1 fully saturated rings. The topological polar surface area (TPSA) is 155 Å². The zero-order valence-electron chi connectivity index (χ0n) is 18.3. The van der Waals surface area contributed by atoms with Crippen molar-refractivity contribution in [1.82, 2.24) is 14.8 Å². The van der Waals surface area contributed by atoms with Gasteiger partial charge in [-0.3, -0.25) is 4.79 Å². The van der Waals surface area contributed by atoms with Crippen LogP contribution in [0.2, 0.25) is 0 Å². The number of benzene rings is 2. The van der Waals surface area contributed by atoms with Gasteiger partial charge in [0, 0.05) is 35.4 Å². The molecule has 174 valence electrons. The fourth-order valence-corrected chi connectivity index (χ4v) is 4.41. The SMILES string of the molecule is COc1cc(-c2ccccc2)nc2cc(-c3nn([C@H]4C[C@@](N)(O)C4)c(N)c3C(N)=O)c(F)cc12. The summed E-state index contributed by atoms with van der Waals surface area (Å²) in [5.74, 6) is -1.04. The number of rotatable bonds is 5. The molecule has 2 aromatic carbocycles. The molecule has 1 amide bonds. The summed E-state index contributed by atoms with van der Waals surface area (Å²) >= 11 is 0. The zero-order valence-corrected chi connectivity index (χ0v) is 18.3. The van der Waals surface area contributed by atoms with E-state index >= 15 is 4.39 Å². The number of aliphatic hydroxyl groups is 1. The second-order valence-corrected chi connectivity index (χ2v) is 8.51. The van der Waals surface area contributed by atoms with Crippen molar-refractivity contribution in [1.29, 1.82) is 0 Å². The highest BCUT2D eigenvalue weighted by atomic mass is 19.1. The normalized spacial score (nSPS) is 19.7. The molecule has 0 spiro atoms. The molecule has 1 saturated carbocycles. The van der Waals surface area contributed by atoms with E-state index < -0.39 is 17.4 Å². The Labute approximate surface area is 193 Å². The van der Waals surface area contributed by atoms with E-state index in [2.05, 4.69) is 10.1 Å². The minimum atomic E-state index is -1.33. The van der Waals surface area contributed by atoms with E-state index in [1.165, 1.54) is 23.9 Å². The number of pyridine rings is 1. The maximum Gasteiger partial charge on any atom is 0.254 e. The zero-order chi connectivity index (χ0) is 24.2. The van der Waals surface area contributed by atoms with Crippen LogP contribution in [0.15, 0.2) is 48.5 Å². The molecule has 4 aromatic rings.